The van der Waals surface area contributed by atoms with Crippen molar-refractivity contribution in [1.29, 1.82) is 0 Å². The number of hydrogen-bond acceptors (Lipinski definition) is 4. The molecule has 1 aliphatic heterocycles. The average molecular weight is 460 g/mol. The van der Waals surface area contributed by atoms with Crippen molar-refractivity contribution in [3.63, 3.8) is 0 Å². The van der Waals surface area contributed by atoms with Gasteiger partial charge >= 0.3 is 0 Å². The van der Waals surface area contributed by atoms with Gasteiger partial charge in [0, 0.05) is 29.2 Å². The fraction of sp³-hybridized carbons (Fsp3) is 0.304. The van der Waals surface area contributed by atoms with Crippen molar-refractivity contribution >= 4 is 29.1 Å². The molecule has 0 saturated carbocycles. The van der Waals surface area contributed by atoms with Gasteiger partial charge in [-0.1, -0.05) is 29.3 Å². The van der Waals surface area contributed by atoms with Gasteiger partial charge in [-0.2, -0.15) is 5.10 Å². The molecule has 31 heavy (non-hydrogen) atoms. The lowest BCUT2D eigenvalue weighted by Gasteiger charge is -2.11. The predicted molar refractivity (Wildman–Crippen MR) is 121 cm³/mol. The van der Waals surface area contributed by atoms with Crippen LogP contribution in [0.25, 0.3) is 5.69 Å². The maximum Gasteiger partial charge on any atom is 0.224 e. The Labute approximate surface area is 191 Å². The van der Waals surface area contributed by atoms with Crippen molar-refractivity contribution < 1.29 is 14.3 Å². The summed E-state index contributed by atoms with van der Waals surface area (Å²) in [7, 11) is 0. The zero-order chi connectivity index (χ0) is 22.0. The number of benzene rings is 2. The van der Waals surface area contributed by atoms with E-state index in [1.807, 2.05) is 38.1 Å². The van der Waals surface area contributed by atoms with E-state index in [2.05, 4.69) is 10.4 Å². The van der Waals surface area contributed by atoms with E-state index in [0.717, 1.165) is 46.1 Å². The topological polar surface area (TPSA) is 65.4 Å². The van der Waals surface area contributed by atoms with E-state index < -0.39 is 0 Å². The lowest BCUT2D eigenvalue weighted by atomic mass is 10.1. The van der Waals surface area contributed by atoms with E-state index in [4.69, 9.17) is 32.7 Å². The first-order valence-electron chi connectivity index (χ1n) is 10.1. The van der Waals surface area contributed by atoms with Gasteiger partial charge in [-0.05, 0) is 49.7 Å². The Balaban J connectivity index is 1.44. The number of amides is 1. The van der Waals surface area contributed by atoms with E-state index in [0.29, 0.717) is 29.8 Å². The minimum absolute atomic E-state index is 0.0833. The van der Waals surface area contributed by atoms with Crippen molar-refractivity contribution in [2.45, 2.75) is 33.2 Å². The maximum atomic E-state index is 12.6. The maximum absolute atomic E-state index is 12.6. The molecule has 0 aliphatic carbocycles. The third kappa shape index (κ3) is 4.81. The number of rotatable bonds is 5. The van der Waals surface area contributed by atoms with E-state index in [9.17, 15) is 4.79 Å². The Hall–Kier alpha value is -2.70. The summed E-state index contributed by atoms with van der Waals surface area (Å²) < 4.78 is 13.1. The number of nitrogens with zero attached hydrogens (tertiary/aromatic N) is 2. The third-order valence-electron chi connectivity index (χ3n) is 5.22. The second-order valence-electron chi connectivity index (χ2n) is 7.44. The lowest BCUT2D eigenvalue weighted by molar-refractivity contribution is -0.120. The molecule has 1 N–H and O–H groups in total. The van der Waals surface area contributed by atoms with Gasteiger partial charge in [0.2, 0.25) is 5.91 Å². The molecule has 0 fully saturated rings. The van der Waals surface area contributed by atoms with Crippen LogP contribution in [0.4, 0.5) is 0 Å². The highest BCUT2D eigenvalue weighted by Gasteiger charge is 2.18. The molecule has 1 aromatic heterocycles. The Bertz CT molecular complexity index is 1130. The molecule has 1 amide bonds. The molecule has 162 valence electrons. The highest BCUT2D eigenvalue weighted by atomic mass is 35.5. The van der Waals surface area contributed by atoms with Crippen LogP contribution in [0.1, 0.15) is 28.9 Å². The van der Waals surface area contributed by atoms with Crippen LogP contribution in [0.5, 0.6) is 11.5 Å². The van der Waals surface area contributed by atoms with Gasteiger partial charge in [0.05, 0.1) is 36.0 Å². The van der Waals surface area contributed by atoms with Crippen molar-refractivity contribution in [3.8, 4) is 17.2 Å². The normalized spacial score (nSPS) is 13.0. The number of carbonyl (C=O) groups is 1. The van der Waals surface area contributed by atoms with Crippen LogP contribution in [0.3, 0.4) is 0 Å². The summed E-state index contributed by atoms with van der Waals surface area (Å²) in [5, 5.41) is 8.62. The van der Waals surface area contributed by atoms with Crippen molar-refractivity contribution in [3.05, 3.63) is 69.0 Å². The highest BCUT2D eigenvalue weighted by Crippen LogP contribution is 2.30. The van der Waals surface area contributed by atoms with Crippen LogP contribution in [0.2, 0.25) is 10.0 Å². The van der Waals surface area contributed by atoms with Crippen molar-refractivity contribution in [2.75, 3.05) is 13.2 Å². The molecule has 0 saturated heterocycles. The molecule has 2 heterocycles. The first kappa shape index (κ1) is 21.5. The molecule has 6 nitrogen and oxygen atoms in total. The summed E-state index contributed by atoms with van der Waals surface area (Å²) in [5.74, 6) is 1.38. The van der Waals surface area contributed by atoms with Crippen molar-refractivity contribution in [2.24, 2.45) is 0 Å². The summed E-state index contributed by atoms with van der Waals surface area (Å²) in [5.41, 5.74) is 4.21. The molecule has 0 atom stereocenters. The zero-order valence-electron chi connectivity index (χ0n) is 17.4. The summed E-state index contributed by atoms with van der Waals surface area (Å²) in [6.07, 6.45) is 1.09. The summed E-state index contributed by atoms with van der Waals surface area (Å²) in [4.78, 5) is 12.6. The predicted octanol–water partition coefficient (Wildman–Crippen LogP) is 4.82. The number of nitrogens with one attached hydrogen (secondary N) is 1. The van der Waals surface area contributed by atoms with E-state index in [-0.39, 0.29) is 12.3 Å². The van der Waals surface area contributed by atoms with Gasteiger partial charge in [-0.25, -0.2) is 4.68 Å². The smallest absolute Gasteiger partial charge is 0.224 e. The highest BCUT2D eigenvalue weighted by molar-refractivity contribution is 6.35. The summed E-state index contributed by atoms with van der Waals surface area (Å²) >= 11 is 12.3. The number of ether oxygens (including phenoxy) is 2. The summed E-state index contributed by atoms with van der Waals surface area (Å²) in [6.45, 7) is 5.50. The first-order valence-corrected chi connectivity index (χ1v) is 10.8. The molecule has 4 rings (SSSR count). The van der Waals surface area contributed by atoms with Gasteiger partial charge in [0.1, 0.15) is 0 Å². The van der Waals surface area contributed by atoms with Crippen LogP contribution in [-0.4, -0.2) is 28.9 Å². The monoisotopic (exact) mass is 459 g/mol. The number of aryl methyl sites for hydroxylation is 1. The Morgan fingerprint density at radius 1 is 1.10 bits per heavy atom. The van der Waals surface area contributed by atoms with Gasteiger partial charge in [0.15, 0.2) is 11.5 Å². The van der Waals surface area contributed by atoms with Crippen LogP contribution in [-0.2, 0) is 17.8 Å². The molecular weight excluding hydrogens is 437 g/mol. The van der Waals surface area contributed by atoms with Crippen LogP contribution in [0, 0.1) is 13.8 Å². The molecule has 8 heteroatoms. The number of carbonyl (C=O) groups excluding carboxylic acids is 1. The minimum Gasteiger partial charge on any atom is -0.490 e. The molecule has 0 radical (unpaired) electrons. The Morgan fingerprint density at radius 3 is 2.65 bits per heavy atom. The van der Waals surface area contributed by atoms with E-state index >= 15 is 0 Å². The van der Waals surface area contributed by atoms with Gasteiger partial charge in [-0.3, -0.25) is 4.79 Å². The number of aromatic nitrogens is 2. The first-order chi connectivity index (χ1) is 14.9. The standard InChI is InChI=1S/C23H23Cl2N3O3/c1-14-18(15(2)28(27-14)20-6-5-17(24)11-19(20)25)12-23(29)26-13-16-4-7-21-22(10-16)31-9-3-8-30-21/h4-7,10-11H,3,8-9,12-13H2,1-2H3,(H,26,29). The third-order valence-corrected chi connectivity index (χ3v) is 5.76. The quantitative estimate of drug-likeness (QED) is 0.593. The number of hydrogen-bond donors (Lipinski definition) is 1. The van der Waals surface area contributed by atoms with Crippen LogP contribution >= 0.6 is 23.2 Å². The number of halogens is 2. The lowest BCUT2D eigenvalue weighted by Crippen LogP contribution is -2.25. The molecule has 1 aliphatic rings. The van der Waals surface area contributed by atoms with Gasteiger partial charge in [0.25, 0.3) is 0 Å². The molecule has 0 unspecified atom stereocenters. The van der Waals surface area contributed by atoms with Crippen LogP contribution < -0.4 is 14.8 Å². The molecule has 0 spiro atoms. The van der Waals surface area contributed by atoms with Gasteiger partial charge in [-0.15, -0.1) is 0 Å². The van der Waals surface area contributed by atoms with E-state index in [1.165, 1.54) is 0 Å². The Kier molecular flexibility index (Phi) is 6.39. The van der Waals surface area contributed by atoms with Crippen molar-refractivity contribution in [1.82, 2.24) is 15.1 Å². The second kappa shape index (κ2) is 9.20. The molecule has 3 aromatic rings. The SMILES string of the molecule is Cc1nn(-c2ccc(Cl)cc2Cl)c(C)c1CC(=O)NCc1ccc2c(c1)OCCCO2. The molecule has 0 bridgehead atoms. The molecule has 2 aromatic carbocycles. The largest absolute Gasteiger partial charge is 0.490 e. The molecular formula is C23H23Cl2N3O3. The van der Waals surface area contributed by atoms with E-state index in [1.54, 1.807) is 16.8 Å². The Morgan fingerprint density at radius 2 is 1.87 bits per heavy atom. The zero-order valence-corrected chi connectivity index (χ0v) is 18.9. The van der Waals surface area contributed by atoms with Crippen LogP contribution in [0.15, 0.2) is 36.4 Å². The second-order valence-corrected chi connectivity index (χ2v) is 8.29. The summed E-state index contributed by atoms with van der Waals surface area (Å²) in [6, 6.07) is 11.0. The number of fused-ring (bicyclic) bond motifs is 1. The van der Waals surface area contributed by atoms with Gasteiger partial charge < -0.3 is 14.8 Å². The average Bonchev–Trinajstić information content (AvgIpc) is 2.91. The fourth-order valence-electron chi connectivity index (χ4n) is 3.56. The fourth-order valence-corrected chi connectivity index (χ4v) is 4.05. The minimum atomic E-state index is -0.0833.